The highest BCUT2D eigenvalue weighted by Crippen LogP contribution is 2.16. The molecule has 3 N–H and O–H groups in total. The number of carbonyl (C=O) groups is 2. The van der Waals surface area contributed by atoms with Crippen molar-refractivity contribution >= 4 is 11.9 Å². The lowest BCUT2D eigenvalue weighted by molar-refractivity contribution is -0.143. The third-order valence-electron chi connectivity index (χ3n) is 11.4. The summed E-state index contributed by atoms with van der Waals surface area (Å²) in [6.07, 6.45) is 47.7. The van der Waals surface area contributed by atoms with E-state index in [1.807, 2.05) is 0 Å². The first-order valence-corrected chi connectivity index (χ1v) is 24.3. The zero-order valence-electron chi connectivity index (χ0n) is 36.5. The van der Waals surface area contributed by atoms with Crippen LogP contribution >= 0.6 is 0 Å². The van der Waals surface area contributed by atoms with Crippen LogP contribution in [0.4, 0.5) is 0 Å². The van der Waals surface area contributed by atoms with Gasteiger partial charge in [-0.1, -0.05) is 232 Å². The Bertz CT molecular complexity index is 761. The number of amides is 1. The maximum absolute atomic E-state index is 12.4. The largest absolute Gasteiger partial charge is 0.466 e. The number of rotatable bonds is 45. The Kier molecular flexibility index (Phi) is 43.6. The molecule has 0 saturated heterocycles. The van der Waals surface area contributed by atoms with Crippen LogP contribution in [0, 0.1) is 0 Å². The Morgan fingerprint density at radius 2 is 0.759 bits per heavy atom. The summed E-state index contributed by atoms with van der Waals surface area (Å²) >= 11 is 0. The Morgan fingerprint density at radius 3 is 1.13 bits per heavy atom. The molecule has 2 atom stereocenters. The van der Waals surface area contributed by atoms with E-state index < -0.39 is 12.1 Å². The number of hydrogen-bond donors (Lipinski definition) is 3. The lowest BCUT2D eigenvalue weighted by Crippen LogP contribution is -2.45. The average Bonchev–Trinajstić information content (AvgIpc) is 3.17. The van der Waals surface area contributed by atoms with Gasteiger partial charge in [0.15, 0.2) is 0 Å². The Morgan fingerprint density at radius 1 is 0.444 bits per heavy atom. The van der Waals surface area contributed by atoms with Crippen LogP contribution in [0.1, 0.15) is 271 Å². The predicted octanol–water partition coefficient (Wildman–Crippen LogP) is 14.0. The molecule has 0 aliphatic rings. The summed E-state index contributed by atoms with van der Waals surface area (Å²) in [5.41, 5.74) is 0. The number of aliphatic hydroxyl groups excluding tert-OH is 2. The molecular formula is C48H95NO5. The van der Waals surface area contributed by atoms with E-state index in [9.17, 15) is 19.8 Å². The van der Waals surface area contributed by atoms with E-state index in [1.165, 1.54) is 180 Å². The van der Waals surface area contributed by atoms with Crippen LogP contribution in [0.2, 0.25) is 0 Å². The first kappa shape index (κ1) is 52.9. The third-order valence-corrected chi connectivity index (χ3v) is 11.4. The number of esters is 1. The molecule has 0 bridgehead atoms. The highest BCUT2D eigenvalue weighted by atomic mass is 16.5. The van der Waals surface area contributed by atoms with Crippen molar-refractivity contribution in [2.45, 2.75) is 283 Å². The quantitative estimate of drug-likeness (QED) is 0.0424. The minimum atomic E-state index is -0.673. The van der Waals surface area contributed by atoms with Gasteiger partial charge in [-0.15, -0.1) is 0 Å². The monoisotopic (exact) mass is 766 g/mol. The van der Waals surface area contributed by atoms with E-state index in [4.69, 9.17) is 4.74 Å². The lowest BCUT2D eigenvalue weighted by atomic mass is 10.0. The van der Waals surface area contributed by atoms with E-state index in [1.54, 1.807) is 0 Å². The standard InChI is InChI=1S/C48H95NO5/c1-3-5-7-9-11-13-15-17-18-22-26-30-34-38-42-48(53)54-43-39-35-31-27-23-19-21-25-29-33-37-41-47(52)49-45(44-50)46(51)40-36-32-28-24-20-16-14-12-10-8-6-4-2/h45-46,50-51H,3-44H2,1-2H3,(H,49,52). The molecule has 6 heteroatoms. The summed E-state index contributed by atoms with van der Waals surface area (Å²) < 4.78 is 5.45. The molecule has 0 radical (unpaired) electrons. The second-order valence-corrected chi connectivity index (χ2v) is 16.8. The summed E-state index contributed by atoms with van der Waals surface area (Å²) in [5.74, 6) is -0.0643. The molecule has 0 aliphatic carbocycles. The number of hydrogen-bond acceptors (Lipinski definition) is 5. The molecule has 0 aliphatic heterocycles. The Balaban J connectivity index is 3.45. The summed E-state index contributed by atoms with van der Waals surface area (Å²) in [6, 6.07) is -0.552. The molecule has 2 unspecified atom stereocenters. The van der Waals surface area contributed by atoms with Gasteiger partial charge in [0.2, 0.25) is 5.91 Å². The summed E-state index contributed by atoms with van der Waals surface area (Å²) in [7, 11) is 0. The third kappa shape index (κ3) is 40.5. The van der Waals surface area contributed by atoms with Crippen LogP contribution in [0.3, 0.4) is 0 Å². The molecular weight excluding hydrogens is 671 g/mol. The second kappa shape index (κ2) is 44.6. The molecule has 0 aromatic rings. The van der Waals surface area contributed by atoms with Gasteiger partial charge in [-0.3, -0.25) is 9.59 Å². The van der Waals surface area contributed by atoms with Crippen LogP contribution < -0.4 is 5.32 Å². The fourth-order valence-electron chi connectivity index (χ4n) is 7.64. The predicted molar refractivity (Wildman–Crippen MR) is 232 cm³/mol. The number of unbranched alkanes of at least 4 members (excludes halogenated alkanes) is 34. The average molecular weight is 766 g/mol. The highest BCUT2D eigenvalue weighted by molar-refractivity contribution is 5.76. The fraction of sp³-hybridized carbons (Fsp3) is 0.958. The van der Waals surface area contributed by atoms with Gasteiger partial charge in [0.05, 0.1) is 25.4 Å². The van der Waals surface area contributed by atoms with Crippen LogP contribution in [0.15, 0.2) is 0 Å². The van der Waals surface area contributed by atoms with Gasteiger partial charge >= 0.3 is 5.97 Å². The van der Waals surface area contributed by atoms with Crippen molar-refractivity contribution in [1.82, 2.24) is 5.32 Å². The van der Waals surface area contributed by atoms with Crippen molar-refractivity contribution in [3.63, 3.8) is 0 Å². The smallest absolute Gasteiger partial charge is 0.305 e. The minimum absolute atomic E-state index is 0.0112. The zero-order valence-corrected chi connectivity index (χ0v) is 36.5. The molecule has 0 aromatic heterocycles. The highest BCUT2D eigenvalue weighted by Gasteiger charge is 2.20. The SMILES string of the molecule is CCCCCCCCCCCCCCCCC(=O)OCCCCCCCCCCCCCC(=O)NC(CO)C(O)CCCCCCCCCCCCCC. The van der Waals surface area contributed by atoms with Gasteiger partial charge in [-0.25, -0.2) is 0 Å². The van der Waals surface area contributed by atoms with Crippen LogP contribution in [0.5, 0.6) is 0 Å². The lowest BCUT2D eigenvalue weighted by Gasteiger charge is -2.22. The molecule has 0 rings (SSSR count). The van der Waals surface area contributed by atoms with Gasteiger partial charge in [0.25, 0.3) is 0 Å². The van der Waals surface area contributed by atoms with E-state index in [0.717, 1.165) is 57.8 Å². The van der Waals surface area contributed by atoms with Crippen molar-refractivity contribution in [3.05, 3.63) is 0 Å². The van der Waals surface area contributed by atoms with Gasteiger partial charge in [-0.05, 0) is 25.7 Å². The summed E-state index contributed by atoms with van der Waals surface area (Å²) in [4.78, 5) is 24.4. The van der Waals surface area contributed by atoms with E-state index in [2.05, 4.69) is 19.2 Å². The van der Waals surface area contributed by atoms with Crippen molar-refractivity contribution in [1.29, 1.82) is 0 Å². The molecule has 6 nitrogen and oxygen atoms in total. The van der Waals surface area contributed by atoms with E-state index >= 15 is 0 Å². The number of nitrogens with one attached hydrogen (secondary N) is 1. The first-order valence-electron chi connectivity index (χ1n) is 24.3. The second-order valence-electron chi connectivity index (χ2n) is 16.8. The fourth-order valence-corrected chi connectivity index (χ4v) is 7.64. The molecule has 0 aromatic carbocycles. The van der Waals surface area contributed by atoms with Crippen molar-refractivity contribution in [3.8, 4) is 0 Å². The number of carbonyl (C=O) groups excluding carboxylic acids is 2. The van der Waals surface area contributed by atoms with Crippen molar-refractivity contribution < 1.29 is 24.5 Å². The first-order chi connectivity index (χ1) is 26.5. The maximum atomic E-state index is 12.4. The van der Waals surface area contributed by atoms with Gasteiger partial charge in [0.1, 0.15) is 0 Å². The minimum Gasteiger partial charge on any atom is -0.466 e. The summed E-state index contributed by atoms with van der Waals surface area (Å²) in [5, 5.41) is 23.1. The van der Waals surface area contributed by atoms with E-state index in [-0.39, 0.29) is 18.5 Å². The van der Waals surface area contributed by atoms with Crippen LogP contribution in [-0.2, 0) is 14.3 Å². The summed E-state index contributed by atoms with van der Waals surface area (Å²) in [6.45, 7) is 4.91. The molecule has 0 heterocycles. The molecule has 0 saturated carbocycles. The topological polar surface area (TPSA) is 95.9 Å². The number of aliphatic hydroxyl groups is 2. The van der Waals surface area contributed by atoms with Gasteiger partial charge in [-0.2, -0.15) is 0 Å². The zero-order chi connectivity index (χ0) is 39.4. The molecule has 322 valence electrons. The number of ether oxygens (including phenoxy) is 1. The van der Waals surface area contributed by atoms with Crippen LogP contribution in [-0.4, -0.2) is 47.4 Å². The molecule has 0 fully saturated rings. The van der Waals surface area contributed by atoms with E-state index in [0.29, 0.717) is 25.9 Å². The maximum Gasteiger partial charge on any atom is 0.305 e. The Labute approximate surface area is 336 Å². The molecule has 0 spiro atoms. The van der Waals surface area contributed by atoms with Crippen molar-refractivity contribution in [2.75, 3.05) is 13.2 Å². The van der Waals surface area contributed by atoms with Crippen molar-refractivity contribution in [2.24, 2.45) is 0 Å². The Hall–Kier alpha value is -1.14. The van der Waals surface area contributed by atoms with Crippen LogP contribution in [0.25, 0.3) is 0 Å². The normalized spacial score (nSPS) is 12.6. The molecule has 54 heavy (non-hydrogen) atoms. The van der Waals surface area contributed by atoms with Gasteiger partial charge in [0, 0.05) is 12.8 Å². The molecule has 1 amide bonds. The van der Waals surface area contributed by atoms with Gasteiger partial charge < -0.3 is 20.3 Å².